The lowest BCUT2D eigenvalue weighted by Gasteiger charge is -2.05. The Labute approximate surface area is 123 Å². The molecule has 0 radical (unpaired) electrons. The molecule has 0 saturated heterocycles. The van der Waals surface area contributed by atoms with Crippen molar-refractivity contribution in [2.24, 2.45) is 21.5 Å². The van der Waals surface area contributed by atoms with Gasteiger partial charge in [0.2, 0.25) is 0 Å². The molecule has 0 unspecified atom stereocenters. The van der Waals surface area contributed by atoms with Crippen LogP contribution >= 0.6 is 0 Å². The fourth-order valence-corrected chi connectivity index (χ4v) is 1.90. The number of guanidine groups is 2. The van der Waals surface area contributed by atoms with E-state index in [1.165, 1.54) is 38.5 Å². The smallest absolute Gasteiger partial charge is 0.188 e. The van der Waals surface area contributed by atoms with Crippen molar-refractivity contribution in [2.75, 3.05) is 27.2 Å². The second-order valence-electron chi connectivity index (χ2n) is 4.90. The minimum Gasteiger partial charge on any atom is -0.370 e. The van der Waals surface area contributed by atoms with Crippen LogP contribution in [0.4, 0.5) is 0 Å². The van der Waals surface area contributed by atoms with E-state index in [-0.39, 0.29) is 0 Å². The molecule has 0 aromatic heterocycles. The van der Waals surface area contributed by atoms with Gasteiger partial charge in [-0.3, -0.25) is 9.98 Å². The van der Waals surface area contributed by atoms with Gasteiger partial charge in [-0.1, -0.05) is 38.5 Å². The lowest BCUT2D eigenvalue weighted by molar-refractivity contribution is 0.563. The largest absolute Gasteiger partial charge is 0.370 e. The van der Waals surface area contributed by atoms with Gasteiger partial charge in [-0.05, 0) is 12.8 Å². The van der Waals surface area contributed by atoms with Crippen LogP contribution in [0.25, 0.3) is 0 Å². The third-order valence-electron chi connectivity index (χ3n) is 3.20. The molecule has 6 nitrogen and oxygen atoms in total. The fourth-order valence-electron chi connectivity index (χ4n) is 1.90. The first-order valence-electron chi connectivity index (χ1n) is 7.63. The van der Waals surface area contributed by atoms with Crippen LogP contribution < -0.4 is 22.1 Å². The molecule has 0 aliphatic heterocycles. The zero-order valence-corrected chi connectivity index (χ0v) is 13.1. The molecular weight excluding hydrogens is 252 g/mol. The van der Waals surface area contributed by atoms with Gasteiger partial charge in [-0.25, -0.2) is 0 Å². The lowest BCUT2D eigenvalue weighted by atomic mass is 10.1. The van der Waals surface area contributed by atoms with Gasteiger partial charge in [0.1, 0.15) is 0 Å². The molecule has 0 aromatic carbocycles. The molecule has 6 heteroatoms. The van der Waals surface area contributed by atoms with Crippen molar-refractivity contribution in [1.82, 2.24) is 10.6 Å². The highest BCUT2D eigenvalue weighted by Crippen LogP contribution is 2.07. The molecule has 20 heavy (non-hydrogen) atoms. The minimum atomic E-state index is 0.535. The predicted octanol–water partition coefficient (Wildman–Crippen LogP) is 1.18. The number of unbranched alkanes of at least 4 members (excludes halogenated alkanes) is 7. The topological polar surface area (TPSA) is 101 Å². The van der Waals surface area contributed by atoms with Crippen LogP contribution in [0.3, 0.4) is 0 Å². The van der Waals surface area contributed by atoms with Crippen molar-refractivity contribution < 1.29 is 0 Å². The van der Waals surface area contributed by atoms with E-state index in [1.807, 2.05) is 0 Å². The molecule has 0 aliphatic rings. The Balaban J connectivity index is 3.10. The second-order valence-corrected chi connectivity index (χ2v) is 4.90. The second kappa shape index (κ2) is 14.0. The van der Waals surface area contributed by atoms with Crippen molar-refractivity contribution in [3.8, 4) is 0 Å². The average molecular weight is 284 g/mol. The van der Waals surface area contributed by atoms with Gasteiger partial charge in [0.25, 0.3) is 0 Å². The standard InChI is InChI=1S/C14H32N6/c1-17-13(15)19-11-9-7-5-3-4-6-8-10-12-20-14(16)18-2/h3-12H2,1-2H3,(H3,15,17,19)(H3,16,18,20). The normalized spacial score (nSPS) is 12.5. The number of nitrogens with two attached hydrogens (primary N) is 2. The Morgan fingerprint density at radius 3 is 1.25 bits per heavy atom. The molecule has 0 aromatic rings. The zero-order valence-electron chi connectivity index (χ0n) is 13.1. The molecular formula is C14H32N6. The molecule has 0 spiro atoms. The van der Waals surface area contributed by atoms with Gasteiger partial charge in [0, 0.05) is 27.2 Å². The van der Waals surface area contributed by atoms with Gasteiger partial charge in [-0.15, -0.1) is 0 Å². The van der Waals surface area contributed by atoms with Crippen LogP contribution in [0.5, 0.6) is 0 Å². The minimum absolute atomic E-state index is 0.535. The Hall–Kier alpha value is -1.46. The average Bonchev–Trinajstić information content (AvgIpc) is 2.47. The first kappa shape index (κ1) is 18.5. The highest BCUT2D eigenvalue weighted by atomic mass is 15.1. The van der Waals surface area contributed by atoms with Crippen LogP contribution in [0.2, 0.25) is 0 Å². The van der Waals surface area contributed by atoms with E-state index in [2.05, 4.69) is 20.6 Å². The van der Waals surface area contributed by atoms with Crippen molar-refractivity contribution in [3.05, 3.63) is 0 Å². The first-order valence-corrected chi connectivity index (χ1v) is 7.63. The zero-order chi connectivity index (χ0) is 15.1. The molecule has 0 saturated carbocycles. The van der Waals surface area contributed by atoms with E-state index in [1.54, 1.807) is 14.1 Å². The van der Waals surface area contributed by atoms with E-state index < -0.39 is 0 Å². The summed E-state index contributed by atoms with van der Waals surface area (Å²) in [4.78, 5) is 7.70. The van der Waals surface area contributed by atoms with Crippen LogP contribution in [-0.4, -0.2) is 39.1 Å². The molecule has 0 aliphatic carbocycles. The third-order valence-corrected chi connectivity index (χ3v) is 3.20. The SMILES string of the molecule is CN=C(N)NCCCCCCCCCCNC(N)=NC. The quantitative estimate of drug-likeness (QED) is 0.260. The predicted molar refractivity (Wildman–Crippen MR) is 88.0 cm³/mol. The van der Waals surface area contributed by atoms with Crippen LogP contribution in [0, 0.1) is 0 Å². The summed E-state index contributed by atoms with van der Waals surface area (Å²) in [6.07, 6.45) is 10.1. The third kappa shape index (κ3) is 13.0. The van der Waals surface area contributed by atoms with Gasteiger partial charge < -0.3 is 22.1 Å². The molecule has 0 atom stereocenters. The van der Waals surface area contributed by atoms with E-state index in [0.717, 1.165) is 25.9 Å². The van der Waals surface area contributed by atoms with Gasteiger partial charge in [0.15, 0.2) is 11.9 Å². The molecule has 6 N–H and O–H groups in total. The summed E-state index contributed by atoms with van der Waals surface area (Å²) in [5.41, 5.74) is 11.1. The number of hydrogen-bond donors (Lipinski definition) is 4. The van der Waals surface area contributed by atoms with Gasteiger partial charge >= 0.3 is 0 Å². The number of hydrogen-bond acceptors (Lipinski definition) is 2. The number of rotatable bonds is 11. The number of nitrogens with one attached hydrogen (secondary N) is 2. The maximum Gasteiger partial charge on any atom is 0.188 e. The summed E-state index contributed by atoms with van der Waals surface area (Å²) in [7, 11) is 3.39. The molecule has 0 rings (SSSR count). The van der Waals surface area contributed by atoms with Crippen LogP contribution in [0.1, 0.15) is 51.4 Å². The highest BCUT2D eigenvalue weighted by Gasteiger charge is 1.94. The number of aliphatic imine (C=N–C) groups is 2. The maximum atomic E-state index is 5.54. The summed E-state index contributed by atoms with van der Waals surface area (Å²) < 4.78 is 0. The van der Waals surface area contributed by atoms with E-state index in [9.17, 15) is 0 Å². The van der Waals surface area contributed by atoms with Crippen LogP contribution in [0.15, 0.2) is 9.98 Å². The lowest BCUT2D eigenvalue weighted by Crippen LogP contribution is -2.32. The fraction of sp³-hybridized carbons (Fsp3) is 0.857. The summed E-state index contributed by atoms with van der Waals surface area (Å²) in [5.74, 6) is 1.07. The highest BCUT2D eigenvalue weighted by molar-refractivity contribution is 5.77. The molecule has 0 bridgehead atoms. The summed E-state index contributed by atoms with van der Waals surface area (Å²) in [6.45, 7) is 1.85. The van der Waals surface area contributed by atoms with Crippen molar-refractivity contribution in [1.29, 1.82) is 0 Å². The Morgan fingerprint density at radius 2 is 0.950 bits per heavy atom. The summed E-state index contributed by atoms with van der Waals surface area (Å²) in [5, 5.41) is 6.14. The molecule has 0 amide bonds. The van der Waals surface area contributed by atoms with E-state index in [4.69, 9.17) is 11.5 Å². The van der Waals surface area contributed by atoms with Crippen molar-refractivity contribution in [2.45, 2.75) is 51.4 Å². The van der Waals surface area contributed by atoms with Crippen molar-refractivity contribution >= 4 is 11.9 Å². The maximum absolute atomic E-state index is 5.54. The van der Waals surface area contributed by atoms with E-state index >= 15 is 0 Å². The Kier molecular flexibility index (Phi) is 12.9. The molecule has 0 heterocycles. The van der Waals surface area contributed by atoms with Crippen molar-refractivity contribution in [3.63, 3.8) is 0 Å². The van der Waals surface area contributed by atoms with Gasteiger partial charge in [0.05, 0.1) is 0 Å². The monoisotopic (exact) mass is 284 g/mol. The first-order chi connectivity index (χ1) is 9.70. The summed E-state index contributed by atoms with van der Waals surface area (Å²) >= 11 is 0. The Bertz CT molecular complexity index is 247. The summed E-state index contributed by atoms with van der Waals surface area (Å²) in [6, 6.07) is 0. The Morgan fingerprint density at radius 1 is 0.650 bits per heavy atom. The molecule has 118 valence electrons. The molecule has 0 fully saturated rings. The number of nitrogens with zero attached hydrogens (tertiary/aromatic N) is 2. The van der Waals surface area contributed by atoms with E-state index in [0.29, 0.717) is 11.9 Å². The van der Waals surface area contributed by atoms with Crippen LogP contribution in [-0.2, 0) is 0 Å². The van der Waals surface area contributed by atoms with Gasteiger partial charge in [-0.2, -0.15) is 0 Å².